The Morgan fingerprint density at radius 3 is 2.73 bits per heavy atom. The molecule has 0 fully saturated rings. The molecule has 2 heterocycles. The van der Waals surface area contributed by atoms with Crippen molar-refractivity contribution < 1.29 is 4.79 Å². The van der Waals surface area contributed by atoms with Gasteiger partial charge >= 0.3 is 5.69 Å². The fraction of sp³-hybridized carbons (Fsp3) is 0.267. The molecule has 1 amide bonds. The number of carbonyl (C=O) groups excluding carboxylic acids is 1. The van der Waals surface area contributed by atoms with Crippen molar-refractivity contribution in [2.75, 3.05) is 5.32 Å². The lowest BCUT2D eigenvalue weighted by Gasteiger charge is -2.06. The maximum absolute atomic E-state index is 12.0. The smallest absolute Gasteiger partial charge is 0.323 e. The Morgan fingerprint density at radius 2 is 2.00 bits per heavy atom. The summed E-state index contributed by atoms with van der Waals surface area (Å²) in [5.74, 6) is -0.0928. The minimum absolute atomic E-state index is 0.0928. The van der Waals surface area contributed by atoms with Gasteiger partial charge in [0.15, 0.2) is 0 Å². The van der Waals surface area contributed by atoms with Crippen molar-refractivity contribution in [3.8, 4) is 0 Å². The van der Waals surface area contributed by atoms with Crippen molar-refractivity contribution in [2.45, 2.75) is 26.8 Å². The Hall–Kier alpha value is -2.83. The topological polar surface area (TPSA) is 95.6 Å². The zero-order valence-electron chi connectivity index (χ0n) is 12.4. The van der Waals surface area contributed by atoms with Gasteiger partial charge in [-0.05, 0) is 38.1 Å². The van der Waals surface area contributed by atoms with Crippen molar-refractivity contribution in [3.05, 3.63) is 46.1 Å². The Balaban J connectivity index is 1.65. The summed E-state index contributed by atoms with van der Waals surface area (Å²) in [6.07, 6.45) is 0.337. The number of H-pyrrole nitrogens is 2. The molecule has 0 atom stereocenters. The molecule has 0 spiro atoms. The molecule has 7 nitrogen and oxygen atoms in total. The highest BCUT2D eigenvalue weighted by Gasteiger charge is 2.07. The number of nitrogens with one attached hydrogen (secondary N) is 3. The first-order valence-electron chi connectivity index (χ1n) is 7.04. The predicted octanol–water partition coefficient (Wildman–Crippen LogP) is 1.70. The molecule has 0 saturated carbocycles. The van der Waals surface area contributed by atoms with Crippen LogP contribution in [0.15, 0.2) is 29.1 Å². The van der Waals surface area contributed by atoms with Crippen LogP contribution in [0.2, 0.25) is 0 Å². The van der Waals surface area contributed by atoms with Crippen molar-refractivity contribution in [1.82, 2.24) is 19.7 Å². The standard InChI is InChI=1S/C15H17N5O2/c1-9-7-10(2)20(19-9)6-5-14(21)16-11-3-4-12-13(8-11)18-15(22)17-12/h3-4,7-8H,5-6H2,1-2H3,(H,16,21)(H2,17,18,22). The fourth-order valence-corrected chi connectivity index (χ4v) is 2.44. The first-order valence-corrected chi connectivity index (χ1v) is 7.04. The number of carbonyl (C=O) groups is 1. The Labute approximate surface area is 126 Å². The van der Waals surface area contributed by atoms with E-state index in [2.05, 4.69) is 20.4 Å². The molecular weight excluding hydrogens is 282 g/mol. The van der Waals surface area contributed by atoms with Gasteiger partial charge in [0, 0.05) is 24.3 Å². The van der Waals surface area contributed by atoms with E-state index in [-0.39, 0.29) is 11.6 Å². The van der Waals surface area contributed by atoms with Gasteiger partial charge in [-0.15, -0.1) is 0 Å². The van der Waals surface area contributed by atoms with E-state index in [1.807, 2.05) is 24.6 Å². The van der Waals surface area contributed by atoms with Gasteiger partial charge in [-0.25, -0.2) is 4.79 Å². The highest BCUT2D eigenvalue weighted by molar-refractivity contribution is 5.92. The molecule has 22 heavy (non-hydrogen) atoms. The van der Waals surface area contributed by atoms with E-state index in [9.17, 15) is 9.59 Å². The lowest BCUT2D eigenvalue weighted by atomic mass is 10.2. The monoisotopic (exact) mass is 299 g/mol. The SMILES string of the molecule is Cc1cc(C)n(CCC(=O)Nc2ccc3[nH]c(=O)[nH]c3c2)n1. The number of aromatic amines is 2. The van der Waals surface area contributed by atoms with Crippen LogP contribution in [-0.2, 0) is 11.3 Å². The minimum Gasteiger partial charge on any atom is -0.326 e. The Kier molecular flexibility index (Phi) is 3.54. The molecule has 2 aromatic heterocycles. The van der Waals surface area contributed by atoms with Gasteiger partial charge < -0.3 is 15.3 Å². The van der Waals surface area contributed by atoms with E-state index in [1.54, 1.807) is 18.2 Å². The zero-order valence-corrected chi connectivity index (χ0v) is 12.4. The highest BCUT2D eigenvalue weighted by Crippen LogP contribution is 2.14. The second-order valence-corrected chi connectivity index (χ2v) is 5.29. The third kappa shape index (κ3) is 2.93. The van der Waals surface area contributed by atoms with Crippen LogP contribution in [0.1, 0.15) is 17.8 Å². The fourth-order valence-electron chi connectivity index (χ4n) is 2.44. The first-order chi connectivity index (χ1) is 10.5. The molecule has 0 unspecified atom stereocenters. The van der Waals surface area contributed by atoms with Crippen molar-refractivity contribution in [2.24, 2.45) is 0 Å². The maximum atomic E-state index is 12.0. The molecule has 0 radical (unpaired) electrons. The van der Waals surface area contributed by atoms with Crippen LogP contribution >= 0.6 is 0 Å². The summed E-state index contributed by atoms with van der Waals surface area (Å²) in [5.41, 5.74) is 3.76. The Morgan fingerprint density at radius 1 is 1.23 bits per heavy atom. The average Bonchev–Trinajstić information content (AvgIpc) is 2.97. The van der Waals surface area contributed by atoms with Gasteiger partial charge in [0.2, 0.25) is 5.91 Å². The summed E-state index contributed by atoms with van der Waals surface area (Å²) in [7, 11) is 0. The van der Waals surface area contributed by atoms with Crippen LogP contribution in [0.25, 0.3) is 11.0 Å². The molecular formula is C15H17N5O2. The normalized spacial score (nSPS) is 11.0. The predicted molar refractivity (Wildman–Crippen MR) is 83.9 cm³/mol. The summed E-state index contributed by atoms with van der Waals surface area (Å²) in [6, 6.07) is 7.22. The average molecular weight is 299 g/mol. The molecule has 114 valence electrons. The van der Waals surface area contributed by atoms with Crippen LogP contribution in [0.4, 0.5) is 5.69 Å². The van der Waals surface area contributed by atoms with E-state index in [0.717, 1.165) is 11.4 Å². The lowest BCUT2D eigenvalue weighted by Crippen LogP contribution is -2.15. The first kappa shape index (κ1) is 14.1. The number of aryl methyl sites for hydroxylation is 3. The van der Waals surface area contributed by atoms with Crippen LogP contribution in [0.5, 0.6) is 0 Å². The minimum atomic E-state index is -0.261. The number of aromatic nitrogens is 4. The van der Waals surface area contributed by atoms with Crippen LogP contribution < -0.4 is 11.0 Å². The third-order valence-corrected chi connectivity index (χ3v) is 3.45. The molecule has 0 saturated heterocycles. The molecule has 0 aliphatic rings. The van der Waals surface area contributed by atoms with Crippen molar-refractivity contribution in [3.63, 3.8) is 0 Å². The quantitative estimate of drug-likeness (QED) is 0.684. The number of hydrogen-bond acceptors (Lipinski definition) is 3. The number of imidazole rings is 1. The molecule has 1 aromatic carbocycles. The summed E-state index contributed by atoms with van der Waals surface area (Å²) < 4.78 is 1.82. The number of fused-ring (bicyclic) bond motifs is 1. The largest absolute Gasteiger partial charge is 0.326 e. The molecule has 0 aliphatic heterocycles. The molecule has 3 rings (SSSR count). The van der Waals surface area contributed by atoms with Gasteiger partial charge in [-0.1, -0.05) is 0 Å². The van der Waals surface area contributed by atoms with E-state index in [0.29, 0.717) is 29.7 Å². The molecule has 3 aromatic rings. The second-order valence-electron chi connectivity index (χ2n) is 5.29. The second kappa shape index (κ2) is 5.51. The summed E-state index contributed by atoms with van der Waals surface area (Å²) in [5, 5.41) is 7.15. The zero-order chi connectivity index (χ0) is 15.7. The molecule has 0 bridgehead atoms. The van der Waals surface area contributed by atoms with E-state index in [4.69, 9.17) is 0 Å². The van der Waals surface area contributed by atoms with Crippen LogP contribution in [0.3, 0.4) is 0 Å². The van der Waals surface area contributed by atoms with E-state index >= 15 is 0 Å². The van der Waals surface area contributed by atoms with Crippen molar-refractivity contribution >= 4 is 22.6 Å². The van der Waals surface area contributed by atoms with E-state index in [1.165, 1.54) is 0 Å². The van der Waals surface area contributed by atoms with E-state index < -0.39 is 0 Å². The Bertz CT molecular complexity index is 887. The number of benzene rings is 1. The number of rotatable bonds is 4. The highest BCUT2D eigenvalue weighted by atomic mass is 16.1. The maximum Gasteiger partial charge on any atom is 0.323 e. The van der Waals surface area contributed by atoms with Gasteiger partial charge in [0.25, 0.3) is 0 Å². The number of anilines is 1. The van der Waals surface area contributed by atoms with Gasteiger partial charge in [-0.2, -0.15) is 5.10 Å². The third-order valence-electron chi connectivity index (χ3n) is 3.45. The molecule has 3 N–H and O–H groups in total. The van der Waals surface area contributed by atoms with Crippen LogP contribution in [-0.4, -0.2) is 25.7 Å². The molecule has 0 aliphatic carbocycles. The number of hydrogen-bond donors (Lipinski definition) is 3. The van der Waals surface area contributed by atoms with Crippen LogP contribution in [0, 0.1) is 13.8 Å². The number of nitrogens with zero attached hydrogens (tertiary/aromatic N) is 2. The van der Waals surface area contributed by atoms with Crippen molar-refractivity contribution in [1.29, 1.82) is 0 Å². The summed E-state index contributed by atoms with van der Waals surface area (Å²) in [4.78, 5) is 28.5. The van der Waals surface area contributed by atoms with Gasteiger partial charge in [0.05, 0.1) is 16.7 Å². The van der Waals surface area contributed by atoms with Gasteiger partial charge in [0.1, 0.15) is 0 Å². The summed E-state index contributed by atoms with van der Waals surface area (Å²) >= 11 is 0. The number of amides is 1. The lowest BCUT2D eigenvalue weighted by molar-refractivity contribution is -0.116. The van der Waals surface area contributed by atoms with Gasteiger partial charge in [-0.3, -0.25) is 9.48 Å². The summed E-state index contributed by atoms with van der Waals surface area (Å²) in [6.45, 7) is 4.43. The molecule has 7 heteroatoms.